The molecule has 0 amide bonds. The van der Waals surface area contributed by atoms with Crippen molar-refractivity contribution in [2.24, 2.45) is 23.7 Å². The third-order valence-electron chi connectivity index (χ3n) is 5.01. The minimum atomic E-state index is -5.41. The SMILES string of the molecule is FC(F)(CC1COCC1CI)C(F)(F)C(F)(F)CC1COCC1CI. The van der Waals surface area contributed by atoms with Crippen LogP contribution in [0.3, 0.4) is 0 Å². The highest BCUT2D eigenvalue weighted by atomic mass is 127. The second-order valence-corrected chi connectivity index (χ2v) is 8.58. The van der Waals surface area contributed by atoms with E-state index in [0.29, 0.717) is 8.86 Å². The monoisotopic (exact) mass is 600 g/mol. The van der Waals surface area contributed by atoms with E-state index in [-0.39, 0.29) is 38.3 Å². The molecule has 2 saturated heterocycles. The number of rotatable bonds is 8. The molecular weight excluding hydrogens is 580 g/mol. The second kappa shape index (κ2) is 8.54. The molecule has 2 rings (SSSR count). The van der Waals surface area contributed by atoms with Crippen LogP contribution in [0, 0.1) is 23.7 Å². The Morgan fingerprint density at radius 3 is 1.28 bits per heavy atom. The van der Waals surface area contributed by atoms with Crippen LogP contribution < -0.4 is 0 Å². The highest BCUT2D eigenvalue weighted by Crippen LogP contribution is 2.52. The van der Waals surface area contributed by atoms with Crippen LogP contribution >= 0.6 is 45.2 Å². The van der Waals surface area contributed by atoms with E-state index in [1.165, 1.54) is 0 Å². The van der Waals surface area contributed by atoms with Gasteiger partial charge in [0.05, 0.1) is 13.2 Å². The van der Waals surface area contributed by atoms with E-state index in [4.69, 9.17) is 9.47 Å². The lowest BCUT2D eigenvalue weighted by molar-refractivity contribution is -0.318. The molecule has 0 N–H and O–H groups in total. The fourth-order valence-electron chi connectivity index (χ4n) is 3.26. The maximum Gasteiger partial charge on any atom is 0.371 e. The van der Waals surface area contributed by atoms with Gasteiger partial charge in [0.15, 0.2) is 0 Å². The molecule has 0 bridgehead atoms. The van der Waals surface area contributed by atoms with Crippen molar-refractivity contribution in [3.05, 3.63) is 0 Å². The highest BCUT2D eigenvalue weighted by Gasteiger charge is 2.71. The molecule has 0 aromatic heterocycles. The summed E-state index contributed by atoms with van der Waals surface area (Å²) in [5, 5.41) is 0. The van der Waals surface area contributed by atoms with Gasteiger partial charge in [-0.05, 0) is 23.7 Å². The fourth-order valence-corrected chi connectivity index (χ4v) is 5.21. The minimum Gasteiger partial charge on any atom is -0.381 e. The lowest BCUT2D eigenvalue weighted by Gasteiger charge is -2.36. The largest absolute Gasteiger partial charge is 0.381 e. The average Bonchev–Trinajstić information content (AvgIpc) is 3.14. The summed E-state index contributed by atoms with van der Waals surface area (Å²) in [4.78, 5) is 0. The Labute approximate surface area is 170 Å². The Kier molecular flexibility index (Phi) is 7.60. The van der Waals surface area contributed by atoms with Gasteiger partial charge in [0.2, 0.25) is 0 Å². The van der Waals surface area contributed by atoms with E-state index >= 15 is 0 Å². The summed E-state index contributed by atoms with van der Waals surface area (Å²) in [5.74, 6) is -17.3. The summed E-state index contributed by atoms with van der Waals surface area (Å²) in [6.45, 7) is 0.196. The molecule has 0 aromatic carbocycles. The van der Waals surface area contributed by atoms with Gasteiger partial charge < -0.3 is 9.47 Å². The zero-order valence-corrected chi connectivity index (χ0v) is 17.6. The Morgan fingerprint density at radius 1 is 0.640 bits per heavy atom. The van der Waals surface area contributed by atoms with Gasteiger partial charge >= 0.3 is 17.8 Å². The molecule has 0 aromatic rings. The van der Waals surface area contributed by atoms with Gasteiger partial charge in [0, 0.05) is 34.9 Å². The predicted molar refractivity (Wildman–Crippen MR) is 97.4 cm³/mol. The topological polar surface area (TPSA) is 18.5 Å². The molecule has 4 unspecified atom stereocenters. The predicted octanol–water partition coefficient (Wildman–Crippen LogP) is 5.07. The number of alkyl halides is 8. The van der Waals surface area contributed by atoms with Crippen LogP contribution in [0.1, 0.15) is 12.8 Å². The molecular formula is C15H20F6I2O2. The quantitative estimate of drug-likeness (QED) is 0.220. The number of ether oxygens (including phenoxy) is 2. The third kappa shape index (κ3) is 4.69. The van der Waals surface area contributed by atoms with Crippen LogP contribution in [0.5, 0.6) is 0 Å². The molecule has 0 saturated carbocycles. The number of halogens is 8. The molecule has 25 heavy (non-hydrogen) atoms. The summed E-state index contributed by atoms with van der Waals surface area (Å²) in [6, 6.07) is 0. The maximum absolute atomic E-state index is 14.2. The van der Waals surface area contributed by atoms with Gasteiger partial charge in [-0.3, -0.25) is 0 Å². The van der Waals surface area contributed by atoms with Crippen LogP contribution in [-0.4, -0.2) is 53.1 Å². The van der Waals surface area contributed by atoms with Gasteiger partial charge in [-0.2, -0.15) is 26.3 Å². The Bertz CT molecular complexity index is 414. The highest BCUT2D eigenvalue weighted by molar-refractivity contribution is 14.1. The minimum absolute atomic E-state index is 0.0989. The van der Waals surface area contributed by atoms with Crippen molar-refractivity contribution in [3.8, 4) is 0 Å². The van der Waals surface area contributed by atoms with Gasteiger partial charge in [-0.15, -0.1) is 0 Å². The standard InChI is InChI=1S/C15H20F6I2O2/c16-13(17,1-9-5-24-7-11(9)3-22)15(20,21)14(18,19)2-10-6-25-8-12(10)4-23/h9-12H,1-8H2. The molecule has 0 aliphatic carbocycles. The van der Waals surface area contributed by atoms with E-state index in [9.17, 15) is 26.3 Å². The molecule has 0 radical (unpaired) electrons. The van der Waals surface area contributed by atoms with Gasteiger partial charge in [0.25, 0.3) is 0 Å². The second-order valence-electron chi connectivity index (χ2n) is 6.82. The van der Waals surface area contributed by atoms with Gasteiger partial charge in [0.1, 0.15) is 0 Å². The average molecular weight is 600 g/mol. The van der Waals surface area contributed by atoms with E-state index in [2.05, 4.69) is 0 Å². The fraction of sp³-hybridized carbons (Fsp3) is 1.00. The zero-order chi connectivity index (χ0) is 18.9. The summed E-state index contributed by atoms with van der Waals surface area (Å²) in [7, 11) is 0. The first-order valence-electron chi connectivity index (χ1n) is 7.96. The molecule has 2 nitrogen and oxygen atoms in total. The van der Waals surface area contributed by atoms with Crippen molar-refractivity contribution >= 4 is 45.2 Å². The van der Waals surface area contributed by atoms with E-state index in [0.717, 1.165) is 0 Å². The first-order valence-corrected chi connectivity index (χ1v) is 11.0. The van der Waals surface area contributed by atoms with Crippen LogP contribution in [0.4, 0.5) is 26.3 Å². The van der Waals surface area contributed by atoms with E-state index < -0.39 is 42.4 Å². The van der Waals surface area contributed by atoms with Crippen LogP contribution in [0.25, 0.3) is 0 Å². The smallest absolute Gasteiger partial charge is 0.371 e. The molecule has 4 atom stereocenters. The summed E-state index contributed by atoms with van der Waals surface area (Å²) < 4.78 is 96.1. The lowest BCUT2D eigenvalue weighted by Crippen LogP contribution is -2.56. The first-order chi connectivity index (χ1) is 11.6. The number of hydrogen-bond acceptors (Lipinski definition) is 2. The van der Waals surface area contributed by atoms with Crippen molar-refractivity contribution in [3.63, 3.8) is 0 Å². The first kappa shape index (κ1) is 22.3. The van der Waals surface area contributed by atoms with Crippen molar-refractivity contribution in [2.75, 3.05) is 35.3 Å². The Morgan fingerprint density at radius 2 is 0.960 bits per heavy atom. The normalized spacial score (nSPS) is 31.7. The van der Waals surface area contributed by atoms with E-state index in [1.807, 2.05) is 45.2 Å². The van der Waals surface area contributed by atoms with Crippen molar-refractivity contribution in [1.82, 2.24) is 0 Å². The van der Waals surface area contributed by atoms with Crippen molar-refractivity contribution in [1.29, 1.82) is 0 Å². The van der Waals surface area contributed by atoms with Crippen molar-refractivity contribution in [2.45, 2.75) is 30.6 Å². The van der Waals surface area contributed by atoms with Gasteiger partial charge in [-0.25, -0.2) is 0 Å². The molecule has 0 spiro atoms. The Hall–Kier alpha value is 0.960. The molecule has 2 heterocycles. The molecule has 2 fully saturated rings. The summed E-state index contributed by atoms with van der Waals surface area (Å²) in [5.41, 5.74) is 0. The van der Waals surface area contributed by atoms with Gasteiger partial charge in [-0.1, -0.05) is 45.2 Å². The molecule has 10 heteroatoms. The van der Waals surface area contributed by atoms with Crippen molar-refractivity contribution < 1.29 is 35.8 Å². The summed E-state index contributed by atoms with van der Waals surface area (Å²) >= 11 is 3.91. The molecule has 2 aliphatic heterocycles. The van der Waals surface area contributed by atoms with Crippen LogP contribution in [-0.2, 0) is 9.47 Å². The zero-order valence-electron chi connectivity index (χ0n) is 13.3. The third-order valence-corrected chi connectivity index (χ3v) is 7.28. The van der Waals surface area contributed by atoms with E-state index in [1.54, 1.807) is 0 Å². The van der Waals surface area contributed by atoms with Crippen LogP contribution in [0.15, 0.2) is 0 Å². The Balaban J connectivity index is 2.10. The van der Waals surface area contributed by atoms with Crippen LogP contribution in [0.2, 0.25) is 0 Å². The summed E-state index contributed by atoms with van der Waals surface area (Å²) in [6.07, 6.45) is -2.58. The lowest BCUT2D eigenvalue weighted by atomic mass is 9.84. The maximum atomic E-state index is 14.2. The number of hydrogen-bond donors (Lipinski definition) is 0. The molecule has 148 valence electrons. The molecule has 2 aliphatic rings.